The molecule has 9 heteroatoms. The Balaban J connectivity index is 1.78. The second kappa shape index (κ2) is 7.70. The molecular weight excluding hydrogens is 382 g/mol. The zero-order valence-electron chi connectivity index (χ0n) is 16.0. The Hall–Kier alpha value is -2.75. The predicted molar refractivity (Wildman–Crippen MR) is 103 cm³/mol. The lowest BCUT2D eigenvalue weighted by atomic mass is 10.2. The summed E-state index contributed by atoms with van der Waals surface area (Å²) in [6, 6.07) is 13.1. The number of imidazole rings is 1. The van der Waals surface area contributed by atoms with Crippen LogP contribution in [0.25, 0.3) is 11.0 Å². The van der Waals surface area contributed by atoms with Crippen LogP contribution < -0.4 is 0 Å². The number of nitrogens with zero attached hydrogens (tertiary/aromatic N) is 3. The van der Waals surface area contributed by atoms with E-state index in [9.17, 15) is 13.2 Å². The fourth-order valence-electron chi connectivity index (χ4n) is 2.82. The molecular formula is C19H21N3O5S. The van der Waals surface area contributed by atoms with Gasteiger partial charge in [-0.1, -0.05) is 16.6 Å². The van der Waals surface area contributed by atoms with Gasteiger partial charge in [-0.25, -0.2) is 18.2 Å². The quantitative estimate of drug-likeness (QED) is 0.464. The van der Waals surface area contributed by atoms with Crippen LogP contribution in [0.4, 0.5) is 0 Å². The molecule has 0 saturated carbocycles. The van der Waals surface area contributed by atoms with Gasteiger partial charge in [-0.2, -0.15) is 0 Å². The number of ether oxygens (including phenoxy) is 1. The van der Waals surface area contributed by atoms with E-state index in [0.717, 1.165) is 15.5 Å². The topological polar surface area (TPSA) is 90.7 Å². The number of carbonyl (C=O) groups is 1. The van der Waals surface area contributed by atoms with Crippen LogP contribution >= 0.6 is 0 Å². The molecule has 0 amide bonds. The van der Waals surface area contributed by atoms with Crippen LogP contribution in [0.15, 0.2) is 53.4 Å². The van der Waals surface area contributed by atoms with E-state index in [4.69, 9.17) is 9.57 Å². The van der Waals surface area contributed by atoms with Crippen molar-refractivity contribution in [1.29, 1.82) is 0 Å². The summed E-state index contributed by atoms with van der Waals surface area (Å²) < 4.78 is 32.5. The molecule has 0 radical (unpaired) electrons. The molecule has 0 N–H and O–H groups in total. The van der Waals surface area contributed by atoms with Crippen molar-refractivity contribution in [1.82, 2.24) is 14.0 Å². The number of aryl methyl sites for hydroxylation is 1. The first-order chi connectivity index (χ1) is 13.3. The molecule has 0 saturated heterocycles. The van der Waals surface area contributed by atoms with Crippen molar-refractivity contribution in [2.24, 2.45) is 7.05 Å². The van der Waals surface area contributed by atoms with E-state index < -0.39 is 22.1 Å². The third-order valence-corrected chi connectivity index (χ3v) is 6.15. The molecule has 28 heavy (non-hydrogen) atoms. The Morgan fingerprint density at radius 1 is 1.14 bits per heavy atom. The van der Waals surface area contributed by atoms with Crippen LogP contribution in [0.3, 0.4) is 0 Å². The highest BCUT2D eigenvalue weighted by Crippen LogP contribution is 2.23. The van der Waals surface area contributed by atoms with Gasteiger partial charge in [0.25, 0.3) is 10.0 Å². The highest BCUT2D eigenvalue weighted by atomic mass is 32.2. The summed E-state index contributed by atoms with van der Waals surface area (Å²) in [7, 11) is 0.633. The first-order valence-corrected chi connectivity index (χ1v) is 9.95. The Labute approximate surface area is 163 Å². The summed E-state index contributed by atoms with van der Waals surface area (Å²) in [5.74, 6) is 0.0547. The number of para-hydroxylation sites is 2. The lowest BCUT2D eigenvalue weighted by molar-refractivity contribution is -0.0258. The normalized spacial score (nSPS) is 13.0. The molecule has 0 bridgehead atoms. The zero-order valence-corrected chi connectivity index (χ0v) is 16.8. The van der Waals surface area contributed by atoms with Gasteiger partial charge in [-0.15, -0.1) is 0 Å². The second-order valence-electron chi connectivity index (χ2n) is 6.19. The minimum absolute atomic E-state index is 0.0109. The minimum atomic E-state index is -3.77. The molecule has 0 aliphatic rings. The first kappa shape index (κ1) is 20.0. The number of hydrogen-bond acceptors (Lipinski definition) is 6. The number of sulfonamides is 1. The summed E-state index contributed by atoms with van der Waals surface area (Å²) in [6.45, 7) is 1.74. The maximum Gasteiger partial charge on any atom is 0.338 e. The van der Waals surface area contributed by atoms with Crippen LogP contribution in [0.5, 0.6) is 0 Å². The number of hydroxylamine groups is 1. The number of fused-ring (bicyclic) bond motifs is 1. The summed E-state index contributed by atoms with van der Waals surface area (Å²) in [6.07, 6.45) is -0.576. The lowest BCUT2D eigenvalue weighted by Gasteiger charge is -2.15. The Kier molecular flexibility index (Phi) is 5.50. The number of hydrogen-bond donors (Lipinski definition) is 0. The van der Waals surface area contributed by atoms with Gasteiger partial charge in [0.2, 0.25) is 0 Å². The summed E-state index contributed by atoms with van der Waals surface area (Å²) in [4.78, 5) is 21.7. The van der Waals surface area contributed by atoms with E-state index in [-0.39, 0.29) is 10.5 Å². The standard InChI is InChI=1S/C19H21N3O5S/c1-13(18-20-16-7-5-6-8-17(16)21(18)2)27-19(23)14-9-11-15(12-10-14)28(24,25)22(3)26-4/h5-13H,1-4H3. The van der Waals surface area contributed by atoms with Crippen molar-refractivity contribution in [3.63, 3.8) is 0 Å². The molecule has 148 valence electrons. The third-order valence-electron chi connectivity index (χ3n) is 4.45. The number of carbonyl (C=O) groups excluding carboxylic acids is 1. The molecule has 1 unspecified atom stereocenters. The van der Waals surface area contributed by atoms with Crippen molar-refractivity contribution in [2.45, 2.75) is 17.9 Å². The summed E-state index contributed by atoms with van der Waals surface area (Å²) in [5.41, 5.74) is 2.00. The van der Waals surface area contributed by atoms with Gasteiger partial charge >= 0.3 is 5.97 Å². The monoisotopic (exact) mass is 403 g/mol. The van der Waals surface area contributed by atoms with Crippen LogP contribution in [0, 0.1) is 0 Å². The molecule has 8 nitrogen and oxygen atoms in total. The van der Waals surface area contributed by atoms with Crippen LogP contribution in [-0.2, 0) is 26.6 Å². The molecule has 3 rings (SSSR count). The Bertz CT molecular complexity index is 1110. The maximum atomic E-state index is 12.5. The average Bonchev–Trinajstić information content (AvgIpc) is 3.04. The van der Waals surface area contributed by atoms with Gasteiger partial charge in [0, 0.05) is 14.1 Å². The second-order valence-corrected chi connectivity index (χ2v) is 8.12. The minimum Gasteiger partial charge on any atom is -0.451 e. The molecule has 1 heterocycles. The Morgan fingerprint density at radius 3 is 2.39 bits per heavy atom. The first-order valence-electron chi connectivity index (χ1n) is 8.51. The molecule has 1 aromatic heterocycles. The van der Waals surface area contributed by atoms with Crippen molar-refractivity contribution in [3.8, 4) is 0 Å². The number of rotatable bonds is 6. The zero-order chi connectivity index (χ0) is 20.5. The number of esters is 1. The van der Waals surface area contributed by atoms with E-state index in [0.29, 0.717) is 5.82 Å². The lowest BCUT2D eigenvalue weighted by Crippen LogP contribution is -2.25. The Morgan fingerprint density at radius 2 is 1.79 bits per heavy atom. The van der Waals surface area contributed by atoms with Crippen molar-refractivity contribution < 1.29 is 22.8 Å². The third kappa shape index (κ3) is 3.64. The van der Waals surface area contributed by atoms with Gasteiger partial charge in [0.15, 0.2) is 11.9 Å². The van der Waals surface area contributed by atoms with Crippen LogP contribution in [0.1, 0.15) is 29.2 Å². The van der Waals surface area contributed by atoms with E-state index in [1.807, 2.05) is 35.9 Å². The largest absolute Gasteiger partial charge is 0.451 e. The molecule has 0 aliphatic carbocycles. The molecule has 1 atom stereocenters. The highest BCUT2D eigenvalue weighted by molar-refractivity contribution is 7.89. The average molecular weight is 403 g/mol. The van der Waals surface area contributed by atoms with Crippen molar-refractivity contribution in [2.75, 3.05) is 14.2 Å². The molecule has 3 aromatic rings. The van der Waals surface area contributed by atoms with E-state index >= 15 is 0 Å². The smallest absolute Gasteiger partial charge is 0.338 e. The molecule has 2 aromatic carbocycles. The predicted octanol–water partition coefficient (Wildman–Crippen LogP) is 2.67. The van der Waals surface area contributed by atoms with E-state index in [2.05, 4.69) is 4.98 Å². The van der Waals surface area contributed by atoms with Gasteiger partial charge in [-0.05, 0) is 43.3 Å². The van der Waals surface area contributed by atoms with Crippen molar-refractivity contribution in [3.05, 3.63) is 59.9 Å². The van der Waals surface area contributed by atoms with Crippen LogP contribution in [-0.4, -0.2) is 42.6 Å². The van der Waals surface area contributed by atoms with Gasteiger partial charge in [-0.3, -0.25) is 4.84 Å². The van der Waals surface area contributed by atoms with Crippen LogP contribution in [0.2, 0.25) is 0 Å². The maximum absolute atomic E-state index is 12.5. The van der Waals surface area contributed by atoms with E-state index in [1.165, 1.54) is 38.4 Å². The summed E-state index contributed by atoms with van der Waals surface area (Å²) in [5, 5.41) is 0. The highest BCUT2D eigenvalue weighted by Gasteiger charge is 2.22. The fourth-order valence-corrected chi connectivity index (χ4v) is 3.79. The van der Waals surface area contributed by atoms with Gasteiger partial charge in [0.05, 0.1) is 28.6 Å². The van der Waals surface area contributed by atoms with Crippen molar-refractivity contribution >= 4 is 27.0 Å². The van der Waals surface area contributed by atoms with Gasteiger partial charge in [0.1, 0.15) is 0 Å². The number of aromatic nitrogens is 2. The molecule has 0 aliphatic heterocycles. The molecule has 0 spiro atoms. The SMILES string of the molecule is CON(C)S(=O)(=O)c1ccc(C(=O)OC(C)c2nc3ccccc3n2C)cc1. The van der Waals surface area contributed by atoms with E-state index in [1.54, 1.807) is 6.92 Å². The number of benzene rings is 2. The summed E-state index contributed by atoms with van der Waals surface area (Å²) >= 11 is 0. The van der Waals surface area contributed by atoms with Gasteiger partial charge < -0.3 is 9.30 Å². The fraction of sp³-hybridized carbons (Fsp3) is 0.263. The molecule has 0 fully saturated rings.